The van der Waals surface area contributed by atoms with Crippen molar-refractivity contribution in [1.82, 2.24) is 5.32 Å². The Balaban J connectivity index is 1.67. The maximum absolute atomic E-state index is 12.8. The smallest absolute Gasteiger partial charge is 0.225 e. The number of para-hydroxylation sites is 1. The number of anilines is 1. The molecule has 1 amide bonds. The van der Waals surface area contributed by atoms with Gasteiger partial charge in [0.05, 0.1) is 11.3 Å². The van der Waals surface area contributed by atoms with Crippen LogP contribution in [-0.4, -0.2) is 19.0 Å². The summed E-state index contributed by atoms with van der Waals surface area (Å²) < 4.78 is 12.8. The second kappa shape index (κ2) is 8.66. The van der Waals surface area contributed by atoms with Crippen LogP contribution in [0.15, 0.2) is 48.5 Å². The maximum Gasteiger partial charge on any atom is 0.225 e. The summed E-state index contributed by atoms with van der Waals surface area (Å²) in [5.41, 5.74) is 2.03. The number of nitriles is 1. The highest BCUT2D eigenvalue weighted by molar-refractivity contribution is 5.92. The third kappa shape index (κ3) is 5.53. The molecule has 2 aromatic rings. The summed E-state index contributed by atoms with van der Waals surface area (Å²) in [4.78, 5) is 11.8. The number of hydrogen-bond acceptors (Lipinski definition) is 3. The molecular formula is C18H18FN3O. The Labute approximate surface area is 134 Å². The first-order valence-electron chi connectivity index (χ1n) is 7.43. The fourth-order valence-corrected chi connectivity index (χ4v) is 2.11. The molecule has 0 aliphatic carbocycles. The highest BCUT2D eigenvalue weighted by Gasteiger charge is 2.05. The first kappa shape index (κ1) is 16.7. The lowest BCUT2D eigenvalue weighted by atomic mass is 10.1. The van der Waals surface area contributed by atoms with Gasteiger partial charge in [-0.05, 0) is 42.8 Å². The quantitative estimate of drug-likeness (QED) is 0.773. The largest absolute Gasteiger partial charge is 0.325 e. The van der Waals surface area contributed by atoms with Crippen molar-refractivity contribution in [1.29, 1.82) is 5.26 Å². The number of carbonyl (C=O) groups excluding carboxylic acids is 1. The Kier molecular flexibility index (Phi) is 6.28. The van der Waals surface area contributed by atoms with Gasteiger partial charge in [0.1, 0.15) is 11.9 Å². The van der Waals surface area contributed by atoms with Gasteiger partial charge in [-0.2, -0.15) is 5.26 Å². The monoisotopic (exact) mass is 311 g/mol. The first-order valence-corrected chi connectivity index (χ1v) is 7.43. The Hall–Kier alpha value is -2.71. The molecule has 118 valence electrons. The molecule has 0 radical (unpaired) electrons. The minimum Gasteiger partial charge on any atom is -0.325 e. The van der Waals surface area contributed by atoms with Crippen LogP contribution in [-0.2, 0) is 11.2 Å². The molecule has 0 spiro atoms. The fourth-order valence-electron chi connectivity index (χ4n) is 2.11. The standard InChI is InChI=1S/C18H18FN3O/c19-16-7-5-14(6-8-16)9-11-21-12-10-18(23)22-17-4-2-1-3-15(17)13-20/h1-8,21H,9-12H2,(H,22,23). The number of amides is 1. The van der Waals surface area contributed by atoms with E-state index in [1.165, 1.54) is 12.1 Å². The SMILES string of the molecule is N#Cc1ccccc1NC(=O)CCNCCc1ccc(F)cc1. The van der Waals surface area contributed by atoms with Crippen LogP contribution in [0.1, 0.15) is 17.5 Å². The molecule has 0 atom stereocenters. The Bertz CT molecular complexity index is 692. The number of rotatable bonds is 7. The van der Waals surface area contributed by atoms with E-state index in [9.17, 15) is 9.18 Å². The van der Waals surface area contributed by atoms with Gasteiger partial charge in [-0.15, -0.1) is 0 Å². The molecule has 2 N–H and O–H groups in total. The van der Waals surface area contributed by atoms with Gasteiger partial charge in [-0.3, -0.25) is 4.79 Å². The first-order chi connectivity index (χ1) is 11.2. The van der Waals surface area contributed by atoms with E-state index in [0.29, 0.717) is 30.8 Å². The van der Waals surface area contributed by atoms with Crippen LogP contribution in [0.3, 0.4) is 0 Å². The Morgan fingerprint density at radius 3 is 2.57 bits per heavy atom. The van der Waals surface area contributed by atoms with Crippen molar-refractivity contribution in [2.45, 2.75) is 12.8 Å². The summed E-state index contributed by atoms with van der Waals surface area (Å²) in [6, 6.07) is 15.3. The number of hydrogen-bond donors (Lipinski definition) is 2. The van der Waals surface area contributed by atoms with Crippen LogP contribution in [0.5, 0.6) is 0 Å². The minimum absolute atomic E-state index is 0.137. The van der Waals surface area contributed by atoms with Gasteiger partial charge in [0.15, 0.2) is 0 Å². The zero-order chi connectivity index (χ0) is 16.5. The zero-order valence-corrected chi connectivity index (χ0v) is 12.7. The molecule has 5 heteroatoms. The van der Waals surface area contributed by atoms with E-state index in [1.807, 2.05) is 6.07 Å². The zero-order valence-electron chi connectivity index (χ0n) is 12.7. The van der Waals surface area contributed by atoms with Crippen LogP contribution in [0.2, 0.25) is 0 Å². The number of benzene rings is 2. The summed E-state index contributed by atoms with van der Waals surface area (Å²) >= 11 is 0. The highest BCUT2D eigenvalue weighted by Crippen LogP contribution is 2.13. The molecule has 0 aliphatic heterocycles. The molecule has 0 unspecified atom stereocenters. The minimum atomic E-state index is -0.240. The third-order valence-electron chi connectivity index (χ3n) is 3.35. The van der Waals surface area contributed by atoms with E-state index in [2.05, 4.69) is 10.6 Å². The van der Waals surface area contributed by atoms with Crippen LogP contribution < -0.4 is 10.6 Å². The van der Waals surface area contributed by atoms with Crippen LogP contribution >= 0.6 is 0 Å². The second-order valence-electron chi connectivity index (χ2n) is 5.08. The highest BCUT2D eigenvalue weighted by atomic mass is 19.1. The summed E-state index contributed by atoms with van der Waals surface area (Å²) in [7, 11) is 0. The van der Waals surface area contributed by atoms with Gasteiger partial charge in [-0.1, -0.05) is 24.3 Å². The molecule has 4 nitrogen and oxygen atoms in total. The van der Waals surface area contributed by atoms with E-state index >= 15 is 0 Å². The summed E-state index contributed by atoms with van der Waals surface area (Å²) in [6.45, 7) is 1.26. The molecule has 0 saturated heterocycles. The van der Waals surface area contributed by atoms with Crippen molar-refractivity contribution in [3.63, 3.8) is 0 Å². The Morgan fingerprint density at radius 1 is 1.09 bits per heavy atom. The topological polar surface area (TPSA) is 64.9 Å². The van der Waals surface area contributed by atoms with E-state index in [1.54, 1.807) is 36.4 Å². The lowest BCUT2D eigenvalue weighted by Crippen LogP contribution is -2.23. The molecule has 0 saturated carbocycles. The lowest BCUT2D eigenvalue weighted by Gasteiger charge is -2.08. The van der Waals surface area contributed by atoms with E-state index in [4.69, 9.17) is 5.26 Å². The van der Waals surface area contributed by atoms with Crippen molar-refractivity contribution in [2.24, 2.45) is 0 Å². The van der Waals surface area contributed by atoms with Gasteiger partial charge in [-0.25, -0.2) is 4.39 Å². The van der Waals surface area contributed by atoms with Crippen LogP contribution in [0, 0.1) is 17.1 Å². The van der Waals surface area contributed by atoms with Gasteiger partial charge < -0.3 is 10.6 Å². The maximum atomic E-state index is 12.8. The second-order valence-corrected chi connectivity index (χ2v) is 5.08. The molecule has 23 heavy (non-hydrogen) atoms. The van der Waals surface area contributed by atoms with Crippen molar-refractivity contribution < 1.29 is 9.18 Å². The molecular weight excluding hydrogens is 293 g/mol. The fraction of sp³-hybridized carbons (Fsp3) is 0.222. The van der Waals surface area contributed by atoms with Gasteiger partial charge >= 0.3 is 0 Å². The predicted molar refractivity (Wildman–Crippen MR) is 87.4 cm³/mol. The van der Waals surface area contributed by atoms with Gasteiger partial charge in [0.25, 0.3) is 0 Å². The molecule has 0 aromatic heterocycles. The lowest BCUT2D eigenvalue weighted by molar-refractivity contribution is -0.116. The molecule has 0 bridgehead atoms. The van der Waals surface area contributed by atoms with E-state index in [-0.39, 0.29) is 11.7 Å². The normalized spacial score (nSPS) is 10.1. The number of nitrogens with one attached hydrogen (secondary N) is 2. The van der Waals surface area contributed by atoms with Crippen LogP contribution in [0.25, 0.3) is 0 Å². The van der Waals surface area contributed by atoms with Gasteiger partial charge in [0, 0.05) is 13.0 Å². The van der Waals surface area contributed by atoms with Crippen molar-refractivity contribution in [3.05, 3.63) is 65.5 Å². The predicted octanol–water partition coefficient (Wildman–Crippen LogP) is 2.86. The average Bonchev–Trinajstić information content (AvgIpc) is 2.57. The summed E-state index contributed by atoms with van der Waals surface area (Å²) in [6.07, 6.45) is 1.10. The molecule has 0 fully saturated rings. The number of carbonyl (C=O) groups is 1. The average molecular weight is 311 g/mol. The van der Waals surface area contributed by atoms with Crippen LogP contribution in [0.4, 0.5) is 10.1 Å². The van der Waals surface area contributed by atoms with Gasteiger partial charge in [0.2, 0.25) is 5.91 Å². The molecule has 2 rings (SSSR count). The number of halogens is 1. The Morgan fingerprint density at radius 2 is 1.83 bits per heavy atom. The molecule has 0 aliphatic rings. The number of nitrogens with zero attached hydrogens (tertiary/aromatic N) is 1. The molecule has 2 aromatic carbocycles. The molecule has 0 heterocycles. The van der Waals surface area contributed by atoms with Crippen molar-refractivity contribution >= 4 is 11.6 Å². The summed E-state index contributed by atoms with van der Waals surface area (Å²) in [5, 5.41) is 14.9. The van der Waals surface area contributed by atoms with Crippen molar-refractivity contribution in [2.75, 3.05) is 18.4 Å². The third-order valence-corrected chi connectivity index (χ3v) is 3.35. The van der Waals surface area contributed by atoms with E-state index in [0.717, 1.165) is 12.0 Å². The van der Waals surface area contributed by atoms with Crippen molar-refractivity contribution in [3.8, 4) is 6.07 Å². The van der Waals surface area contributed by atoms with E-state index < -0.39 is 0 Å². The summed E-state index contributed by atoms with van der Waals surface area (Å²) in [5.74, 6) is -0.377.